The fraction of sp³-hybridized carbons (Fsp3) is 0.375. The van der Waals surface area contributed by atoms with Crippen LogP contribution in [0, 0.1) is 0 Å². The Balaban J connectivity index is 1.50. The lowest BCUT2D eigenvalue weighted by Crippen LogP contribution is -2.36. The second-order valence-electron chi connectivity index (χ2n) is 7.78. The number of hydrogen-bond donors (Lipinski definition) is 3. The van der Waals surface area contributed by atoms with E-state index in [0.29, 0.717) is 40.3 Å². The second-order valence-corrected chi connectivity index (χ2v) is 9.04. The van der Waals surface area contributed by atoms with Gasteiger partial charge in [0.05, 0.1) is 11.1 Å². The van der Waals surface area contributed by atoms with Gasteiger partial charge in [0, 0.05) is 30.0 Å². The van der Waals surface area contributed by atoms with Crippen molar-refractivity contribution >= 4 is 50.8 Å². The van der Waals surface area contributed by atoms with Crippen molar-refractivity contribution in [3.05, 3.63) is 58.1 Å². The third kappa shape index (κ3) is 7.80. The maximum absolute atomic E-state index is 12.5. The Hall–Kier alpha value is -2.49. The van der Waals surface area contributed by atoms with E-state index in [-0.39, 0.29) is 23.0 Å². The van der Waals surface area contributed by atoms with Gasteiger partial charge < -0.3 is 20.1 Å². The number of carbonyl (C=O) groups excluding carboxylic acids is 2. The molecule has 7 nitrogen and oxygen atoms in total. The Labute approximate surface area is 207 Å². The highest BCUT2D eigenvalue weighted by Crippen LogP contribution is 2.26. The van der Waals surface area contributed by atoms with Crippen LogP contribution in [0.4, 0.5) is 5.69 Å². The van der Waals surface area contributed by atoms with Crippen molar-refractivity contribution < 1.29 is 19.1 Å². The van der Waals surface area contributed by atoms with Crippen molar-refractivity contribution in [3.63, 3.8) is 0 Å². The highest BCUT2D eigenvalue weighted by molar-refractivity contribution is 9.10. The van der Waals surface area contributed by atoms with Gasteiger partial charge in [-0.3, -0.25) is 14.9 Å². The summed E-state index contributed by atoms with van der Waals surface area (Å²) in [6.45, 7) is 0.885. The van der Waals surface area contributed by atoms with E-state index in [2.05, 4.69) is 31.9 Å². The molecule has 0 aromatic heterocycles. The van der Waals surface area contributed by atoms with Crippen LogP contribution >= 0.6 is 28.1 Å². The number of benzene rings is 2. The van der Waals surface area contributed by atoms with Crippen LogP contribution in [-0.2, 0) is 4.74 Å². The first-order valence-corrected chi connectivity index (χ1v) is 12.1. The van der Waals surface area contributed by atoms with E-state index in [1.807, 2.05) is 0 Å². The summed E-state index contributed by atoms with van der Waals surface area (Å²) in [5, 5.41) is 8.89. The summed E-state index contributed by atoms with van der Waals surface area (Å²) in [5.41, 5.74) is 1.70. The SMILES string of the molecule is COCCOc1ccc(C(=O)NC(=S)Nc2ccc(C(=O)NC3CCCCC3)cc2)cc1Br. The number of methoxy groups -OCH3 is 1. The van der Waals surface area contributed by atoms with Crippen molar-refractivity contribution in [1.29, 1.82) is 0 Å². The number of amides is 2. The zero-order chi connectivity index (χ0) is 23.6. The summed E-state index contributed by atoms with van der Waals surface area (Å²) in [7, 11) is 1.60. The van der Waals surface area contributed by atoms with Crippen LogP contribution in [-0.4, -0.2) is 43.3 Å². The Morgan fingerprint density at radius 2 is 1.70 bits per heavy atom. The summed E-state index contributed by atoms with van der Waals surface area (Å²) < 4.78 is 11.2. The number of anilines is 1. The minimum absolute atomic E-state index is 0.0652. The summed E-state index contributed by atoms with van der Waals surface area (Å²) in [6.07, 6.45) is 5.66. The van der Waals surface area contributed by atoms with E-state index in [0.717, 1.165) is 12.8 Å². The molecular formula is C24H28BrN3O4S. The molecule has 9 heteroatoms. The summed E-state index contributed by atoms with van der Waals surface area (Å²) in [5.74, 6) is 0.210. The van der Waals surface area contributed by atoms with Gasteiger partial charge in [-0.1, -0.05) is 19.3 Å². The zero-order valence-corrected chi connectivity index (χ0v) is 20.9. The van der Waals surface area contributed by atoms with Crippen LogP contribution in [0.3, 0.4) is 0 Å². The quantitative estimate of drug-likeness (QED) is 0.337. The number of rotatable bonds is 8. The maximum Gasteiger partial charge on any atom is 0.257 e. The number of carbonyl (C=O) groups is 2. The van der Waals surface area contributed by atoms with E-state index < -0.39 is 0 Å². The van der Waals surface area contributed by atoms with Crippen molar-refractivity contribution in [3.8, 4) is 5.75 Å². The third-order valence-electron chi connectivity index (χ3n) is 5.31. The molecule has 33 heavy (non-hydrogen) atoms. The van der Waals surface area contributed by atoms with E-state index in [4.69, 9.17) is 21.7 Å². The third-order valence-corrected chi connectivity index (χ3v) is 6.14. The fourth-order valence-corrected chi connectivity index (χ4v) is 4.26. The first-order chi connectivity index (χ1) is 16.0. The summed E-state index contributed by atoms with van der Waals surface area (Å²) >= 11 is 8.67. The first kappa shape index (κ1) is 25.1. The molecule has 2 amide bonds. The zero-order valence-electron chi connectivity index (χ0n) is 18.5. The van der Waals surface area contributed by atoms with Crippen molar-refractivity contribution in [1.82, 2.24) is 10.6 Å². The minimum atomic E-state index is -0.347. The van der Waals surface area contributed by atoms with Gasteiger partial charge in [-0.15, -0.1) is 0 Å². The molecule has 0 aliphatic heterocycles. The van der Waals surface area contributed by atoms with Crippen LogP contribution in [0.15, 0.2) is 46.9 Å². The minimum Gasteiger partial charge on any atom is -0.490 e. The molecule has 2 aromatic carbocycles. The Morgan fingerprint density at radius 1 is 1.00 bits per heavy atom. The van der Waals surface area contributed by atoms with Crippen LogP contribution in [0.5, 0.6) is 5.75 Å². The molecule has 0 saturated heterocycles. The Morgan fingerprint density at radius 3 is 2.36 bits per heavy atom. The van der Waals surface area contributed by atoms with Gasteiger partial charge in [0.15, 0.2) is 5.11 Å². The number of nitrogens with one attached hydrogen (secondary N) is 3. The molecular weight excluding hydrogens is 506 g/mol. The Bertz CT molecular complexity index is 978. The molecule has 1 fully saturated rings. The van der Waals surface area contributed by atoms with Crippen molar-refractivity contribution in [2.75, 3.05) is 25.6 Å². The van der Waals surface area contributed by atoms with Crippen LogP contribution in [0.2, 0.25) is 0 Å². The number of ether oxygens (including phenoxy) is 2. The predicted octanol–water partition coefficient (Wildman–Crippen LogP) is 4.66. The first-order valence-electron chi connectivity index (χ1n) is 10.9. The van der Waals surface area contributed by atoms with Crippen molar-refractivity contribution in [2.45, 2.75) is 38.1 Å². The fourth-order valence-electron chi connectivity index (χ4n) is 3.55. The average molecular weight is 534 g/mol. The number of thiocarbonyl (C=S) groups is 1. The van der Waals surface area contributed by atoms with E-state index in [9.17, 15) is 9.59 Å². The molecule has 0 unspecified atom stereocenters. The topological polar surface area (TPSA) is 88.7 Å². The molecule has 3 N–H and O–H groups in total. The molecule has 0 radical (unpaired) electrons. The molecule has 1 aliphatic rings. The second kappa shape index (κ2) is 12.7. The highest BCUT2D eigenvalue weighted by atomic mass is 79.9. The molecule has 1 aliphatic carbocycles. The lowest BCUT2D eigenvalue weighted by Gasteiger charge is -2.22. The van der Waals surface area contributed by atoms with Crippen LogP contribution < -0.4 is 20.7 Å². The maximum atomic E-state index is 12.5. The largest absolute Gasteiger partial charge is 0.490 e. The predicted molar refractivity (Wildman–Crippen MR) is 136 cm³/mol. The molecule has 0 bridgehead atoms. The monoisotopic (exact) mass is 533 g/mol. The van der Waals surface area contributed by atoms with Crippen LogP contribution in [0.25, 0.3) is 0 Å². The molecule has 0 atom stereocenters. The lowest BCUT2D eigenvalue weighted by molar-refractivity contribution is 0.0926. The van der Waals surface area contributed by atoms with Gasteiger partial charge in [0.2, 0.25) is 0 Å². The van der Waals surface area contributed by atoms with Crippen molar-refractivity contribution in [2.24, 2.45) is 0 Å². The normalized spacial score (nSPS) is 13.8. The molecule has 1 saturated carbocycles. The van der Waals surface area contributed by atoms with Gasteiger partial charge >= 0.3 is 0 Å². The standard InChI is InChI=1S/C24H28BrN3O4S/c1-31-13-14-32-21-12-9-17(15-20(21)25)23(30)28-24(33)27-19-10-7-16(8-11-19)22(29)26-18-5-3-2-4-6-18/h7-12,15,18H,2-6,13-14H2,1H3,(H,26,29)(H2,27,28,30,33). The molecule has 0 spiro atoms. The smallest absolute Gasteiger partial charge is 0.257 e. The molecule has 3 rings (SSSR count). The summed E-state index contributed by atoms with van der Waals surface area (Å²) in [6, 6.07) is 12.3. The van der Waals surface area contributed by atoms with Crippen LogP contribution in [0.1, 0.15) is 52.8 Å². The van der Waals surface area contributed by atoms with E-state index in [1.165, 1.54) is 19.3 Å². The molecule has 2 aromatic rings. The molecule has 0 heterocycles. The average Bonchev–Trinajstić information content (AvgIpc) is 2.81. The molecule has 176 valence electrons. The number of halogens is 1. The Kier molecular flexibility index (Phi) is 9.65. The van der Waals surface area contributed by atoms with Gasteiger partial charge in [0.25, 0.3) is 11.8 Å². The van der Waals surface area contributed by atoms with E-state index >= 15 is 0 Å². The van der Waals surface area contributed by atoms with E-state index in [1.54, 1.807) is 49.6 Å². The lowest BCUT2D eigenvalue weighted by atomic mass is 9.95. The van der Waals surface area contributed by atoms with Gasteiger partial charge in [-0.25, -0.2) is 0 Å². The van der Waals surface area contributed by atoms with Gasteiger partial charge in [0.1, 0.15) is 12.4 Å². The number of hydrogen-bond acceptors (Lipinski definition) is 5. The summed E-state index contributed by atoms with van der Waals surface area (Å²) in [4.78, 5) is 25.0. The highest BCUT2D eigenvalue weighted by Gasteiger charge is 2.17. The van der Waals surface area contributed by atoms with Gasteiger partial charge in [-0.2, -0.15) is 0 Å². The van der Waals surface area contributed by atoms with Gasteiger partial charge in [-0.05, 0) is 83.5 Å².